The molecule has 1 aliphatic heterocycles. The summed E-state index contributed by atoms with van der Waals surface area (Å²) in [6.07, 6.45) is 1.20. The van der Waals surface area contributed by atoms with Crippen LogP contribution in [-0.2, 0) is 0 Å². The van der Waals surface area contributed by atoms with Gasteiger partial charge in [0.2, 0.25) is 0 Å². The van der Waals surface area contributed by atoms with Crippen LogP contribution in [0.3, 0.4) is 0 Å². The van der Waals surface area contributed by atoms with Crippen molar-refractivity contribution in [2.75, 3.05) is 20.2 Å². The molecule has 2 nitrogen and oxygen atoms in total. The van der Waals surface area contributed by atoms with Crippen molar-refractivity contribution in [3.8, 4) is 5.75 Å². The van der Waals surface area contributed by atoms with Crippen LogP contribution >= 0.6 is 11.6 Å². The monoisotopic (exact) mass is 225 g/mol. The van der Waals surface area contributed by atoms with E-state index in [9.17, 15) is 0 Å². The van der Waals surface area contributed by atoms with E-state index in [-0.39, 0.29) is 0 Å². The van der Waals surface area contributed by atoms with E-state index in [0.717, 1.165) is 29.4 Å². The fourth-order valence-corrected chi connectivity index (χ4v) is 2.27. The van der Waals surface area contributed by atoms with Gasteiger partial charge in [0.1, 0.15) is 5.75 Å². The van der Waals surface area contributed by atoms with E-state index >= 15 is 0 Å². The van der Waals surface area contributed by atoms with Gasteiger partial charge in [-0.15, -0.1) is 0 Å². The normalized spacial score (nSPS) is 20.6. The molecule has 0 aliphatic carbocycles. The molecule has 0 saturated carbocycles. The number of hydrogen-bond acceptors (Lipinski definition) is 2. The lowest BCUT2D eigenvalue weighted by Gasteiger charge is -2.13. The third kappa shape index (κ3) is 2.11. The van der Waals surface area contributed by atoms with Crippen molar-refractivity contribution < 1.29 is 4.74 Å². The molecule has 0 radical (unpaired) electrons. The molecule has 82 valence electrons. The van der Waals surface area contributed by atoms with Gasteiger partial charge >= 0.3 is 0 Å². The van der Waals surface area contributed by atoms with E-state index in [1.807, 2.05) is 6.92 Å². The second-order valence-electron chi connectivity index (χ2n) is 4.04. The van der Waals surface area contributed by atoms with Crippen LogP contribution < -0.4 is 10.1 Å². The van der Waals surface area contributed by atoms with Crippen LogP contribution in [0.4, 0.5) is 0 Å². The van der Waals surface area contributed by atoms with E-state index in [1.54, 1.807) is 7.11 Å². The molecule has 1 aromatic carbocycles. The van der Waals surface area contributed by atoms with E-state index in [2.05, 4.69) is 17.4 Å². The second-order valence-corrected chi connectivity index (χ2v) is 4.42. The number of hydrogen-bond donors (Lipinski definition) is 1. The van der Waals surface area contributed by atoms with Crippen molar-refractivity contribution in [3.63, 3.8) is 0 Å². The van der Waals surface area contributed by atoms with Crippen molar-refractivity contribution >= 4 is 11.6 Å². The number of aryl methyl sites for hydroxylation is 1. The molecule has 3 heteroatoms. The molecule has 1 N–H and O–H groups in total. The summed E-state index contributed by atoms with van der Waals surface area (Å²) in [5.74, 6) is 1.40. The highest BCUT2D eigenvalue weighted by molar-refractivity contribution is 6.32. The number of nitrogens with one attached hydrogen (secondary N) is 1. The number of halogens is 1. The number of ether oxygens (including phenoxy) is 1. The van der Waals surface area contributed by atoms with Gasteiger partial charge in [-0.1, -0.05) is 17.7 Å². The minimum absolute atomic E-state index is 0.606. The standard InChI is InChI=1S/C12H16ClNO/c1-8-5-10(9-3-4-14-7-9)6-11(15-2)12(8)13/h5-6,9,14H,3-4,7H2,1-2H3. The van der Waals surface area contributed by atoms with Gasteiger partial charge in [-0.2, -0.15) is 0 Å². The van der Waals surface area contributed by atoms with E-state index in [0.29, 0.717) is 5.92 Å². The molecule has 1 fully saturated rings. The van der Waals surface area contributed by atoms with Gasteiger partial charge in [0, 0.05) is 6.54 Å². The van der Waals surface area contributed by atoms with Crippen molar-refractivity contribution in [2.45, 2.75) is 19.3 Å². The predicted octanol–water partition coefficient (Wildman–Crippen LogP) is 2.73. The topological polar surface area (TPSA) is 21.3 Å². The van der Waals surface area contributed by atoms with Crippen molar-refractivity contribution in [2.24, 2.45) is 0 Å². The lowest BCUT2D eigenvalue weighted by molar-refractivity contribution is 0.414. The Kier molecular flexibility index (Phi) is 3.17. The van der Waals surface area contributed by atoms with Crippen LogP contribution in [0.15, 0.2) is 12.1 Å². The Balaban J connectivity index is 2.35. The van der Waals surface area contributed by atoms with Crippen LogP contribution in [-0.4, -0.2) is 20.2 Å². The second kappa shape index (κ2) is 4.42. The zero-order chi connectivity index (χ0) is 10.8. The van der Waals surface area contributed by atoms with Crippen LogP contribution in [0.1, 0.15) is 23.5 Å². The smallest absolute Gasteiger partial charge is 0.138 e. The first-order valence-electron chi connectivity index (χ1n) is 5.27. The zero-order valence-corrected chi connectivity index (χ0v) is 9.90. The van der Waals surface area contributed by atoms with E-state index in [1.165, 1.54) is 12.0 Å². The molecule has 2 rings (SSSR count). The molecule has 1 heterocycles. The minimum atomic E-state index is 0.606. The van der Waals surface area contributed by atoms with Crippen molar-refractivity contribution in [1.29, 1.82) is 0 Å². The Labute approximate surface area is 95.6 Å². The highest BCUT2D eigenvalue weighted by Crippen LogP contribution is 2.33. The molecule has 1 aromatic rings. The van der Waals surface area contributed by atoms with E-state index < -0.39 is 0 Å². The average Bonchev–Trinajstić information content (AvgIpc) is 2.75. The van der Waals surface area contributed by atoms with Crippen LogP contribution in [0.2, 0.25) is 5.02 Å². The van der Waals surface area contributed by atoms with Crippen LogP contribution in [0.25, 0.3) is 0 Å². The van der Waals surface area contributed by atoms with Gasteiger partial charge in [-0.3, -0.25) is 0 Å². The molecule has 0 amide bonds. The summed E-state index contributed by atoms with van der Waals surface area (Å²) in [5, 5.41) is 4.10. The molecule has 0 spiro atoms. The van der Waals surface area contributed by atoms with Crippen LogP contribution in [0, 0.1) is 6.92 Å². The first-order valence-corrected chi connectivity index (χ1v) is 5.65. The minimum Gasteiger partial charge on any atom is -0.495 e. The number of methoxy groups -OCH3 is 1. The summed E-state index contributed by atoms with van der Waals surface area (Å²) < 4.78 is 5.27. The summed E-state index contributed by atoms with van der Waals surface area (Å²) in [6.45, 7) is 4.19. The number of rotatable bonds is 2. The van der Waals surface area contributed by atoms with E-state index in [4.69, 9.17) is 16.3 Å². The summed E-state index contributed by atoms with van der Waals surface area (Å²) in [7, 11) is 1.66. The maximum absolute atomic E-state index is 6.13. The van der Waals surface area contributed by atoms with Gasteiger partial charge in [0.25, 0.3) is 0 Å². The first kappa shape index (κ1) is 10.8. The molecular formula is C12H16ClNO. The Bertz CT molecular complexity index is 359. The largest absolute Gasteiger partial charge is 0.495 e. The van der Waals surface area contributed by atoms with Gasteiger partial charge in [0.05, 0.1) is 12.1 Å². The highest BCUT2D eigenvalue weighted by atomic mass is 35.5. The Morgan fingerprint density at radius 1 is 1.47 bits per heavy atom. The summed E-state index contributed by atoms with van der Waals surface area (Å²) >= 11 is 6.13. The van der Waals surface area contributed by atoms with Crippen LogP contribution in [0.5, 0.6) is 5.75 Å². The third-order valence-corrected chi connectivity index (χ3v) is 3.48. The molecule has 15 heavy (non-hydrogen) atoms. The van der Waals surface area contributed by atoms with Crippen molar-refractivity contribution in [1.82, 2.24) is 5.32 Å². The summed E-state index contributed by atoms with van der Waals surface area (Å²) in [4.78, 5) is 0. The molecule has 1 atom stereocenters. The summed E-state index contributed by atoms with van der Waals surface area (Å²) in [6, 6.07) is 4.23. The van der Waals surface area contributed by atoms with Crippen molar-refractivity contribution in [3.05, 3.63) is 28.3 Å². The average molecular weight is 226 g/mol. The molecular weight excluding hydrogens is 210 g/mol. The molecule has 0 aromatic heterocycles. The zero-order valence-electron chi connectivity index (χ0n) is 9.14. The lowest BCUT2D eigenvalue weighted by atomic mass is 9.96. The molecule has 1 saturated heterocycles. The molecule has 1 unspecified atom stereocenters. The highest BCUT2D eigenvalue weighted by Gasteiger charge is 2.18. The maximum Gasteiger partial charge on any atom is 0.138 e. The Hall–Kier alpha value is -0.730. The van der Waals surface area contributed by atoms with Gasteiger partial charge < -0.3 is 10.1 Å². The Morgan fingerprint density at radius 2 is 2.27 bits per heavy atom. The van der Waals surface area contributed by atoms with Gasteiger partial charge in [-0.25, -0.2) is 0 Å². The number of benzene rings is 1. The molecule has 1 aliphatic rings. The predicted molar refractivity (Wildman–Crippen MR) is 63.0 cm³/mol. The van der Waals surface area contributed by atoms with Gasteiger partial charge in [0.15, 0.2) is 0 Å². The molecule has 0 bridgehead atoms. The quantitative estimate of drug-likeness (QED) is 0.836. The maximum atomic E-state index is 6.13. The summed E-state index contributed by atoms with van der Waals surface area (Å²) in [5.41, 5.74) is 2.43. The third-order valence-electron chi connectivity index (χ3n) is 3.00. The van der Waals surface area contributed by atoms with Gasteiger partial charge in [-0.05, 0) is 43.0 Å². The lowest BCUT2D eigenvalue weighted by Crippen LogP contribution is -2.08. The fraction of sp³-hybridized carbons (Fsp3) is 0.500. The fourth-order valence-electron chi connectivity index (χ4n) is 2.09. The Morgan fingerprint density at radius 3 is 2.87 bits per heavy atom. The SMILES string of the molecule is COc1cc(C2CCNC2)cc(C)c1Cl. The first-order chi connectivity index (χ1) is 7.22.